The SMILES string of the molecule is C#C[C@]1(COC(=O)CC(C)(C)c2c(C)cc(C)cc2OC(C)=O)O[C@@H](n2cnc3c(NC(=O)OC(C)(C)CC(=O)OCc4oc(=O)oc4C)nc(C)nc32)C[C@@H]1O. The second-order valence-electron chi connectivity index (χ2n) is 15.1. The lowest BCUT2D eigenvalue weighted by atomic mass is 9.78. The Kier molecular flexibility index (Phi) is 12.0. The monoisotopic (exact) mass is 791 g/mol. The van der Waals surface area contributed by atoms with Gasteiger partial charge in [-0.05, 0) is 58.7 Å². The molecule has 1 aliphatic rings. The number of aromatic nitrogens is 4. The Labute approximate surface area is 327 Å². The molecule has 0 aliphatic carbocycles. The minimum Gasteiger partial charge on any atom is -0.461 e. The first kappa shape index (κ1) is 42.1. The number of amides is 1. The summed E-state index contributed by atoms with van der Waals surface area (Å²) >= 11 is 0. The van der Waals surface area contributed by atoms with E-state index in [9.17, 15) is 29.1 Å². The van der Waals surface area contributed by atoms with Gasteiger partial charge in [0, 0.05) is 24.3 Å². The van der Waals surface area contributed by atoms with E-state index < -0.39 is 65.4 Å². The van der Waals surface area contributed by atoms with E-state index in [1.54, 1.807) is 13.0 Å². The minimum atomic E-state index is -1.73. The summed E-state index contributed by atoms with van der Waals surface area (Å²) in [6, 6.07) is 3.67. The van der Waals surface area contributed by atoms with E-state index in [4.69, 9.17) is 38.9 Å². The van der Waals surface area contributed by atoms with Gasteiger partial charge in [0.05, 0.1) is 19.2 Å². The van der Waals surface area contributed by atoms with Crippen LogP contribution >= 0.6 is 0 Å². The molecule has 1 amide bonds. The van der Waals surface area contributed by atoms with Crippen LogP contribution in [-0.4, -0.2) is 72.5 Å². The van der Waals surface area contributed by atoms with Gasteiger partial charge in [-0.3, -0.25) is 24.3 Å². The Balaban J connectivity index is 1.24. The maximum absolute atomic E-state index is 13.3. The summed E-state index contributed by atoms with van der Waals surface area (Å²) in [6.07, 6.45) is 3.63. The molecule has 1 fully saturated rings. The van der Waals surface area contributed by atoms with Gasteiger partial charge >= 0.3 is 29.8 Å². The lowest BCUT2D eigenvalue weighted by Crippen LogP contribution is -2.43. The Morgan fingerprint density at radius 3 is 2.40 bits per heavy atom. The first-order valence-corrected chi connectivity index (χ1v) is 17.9. The molecule has 0 saturated carbocycles. The smallest absolute Gasteiger partial charge is 0.461 e. The van der Waals surface area contributed by atoms with Crippen molar-refractivity contribution < 1.29 is 56.8 Å². The van der Waals surface area contributed by atoms with Crippen molar-refractivity contribution >= 4 is 41.0 Å². The average Bonchev–Trinajstić information content (AvgIpc) is 3.74. The van der Waals surface area contributed by atoms with Crippen LogP contribution in [0.15, 0.2) is 32.1 Å². The van der Waals surface area contributed by atoms with Gasteiger partial charge in [0.1, 0.15) is 36.1 Å². The number of imidazole rings is 1. The number of hydrogen-bond acceptors (Lipinski definition) is 16. The van der Waals surface area contributed by atoms with Gasteiger partial charge in [-0.15, -0.1) is 6.42 Å². The normalized spacial score (nSPS) is 18.2. The van der Waals surface area contributed by atoms with Crippen molar-refractivity contribution in [3.05, 3.63) is 63.1 Å². The van der Waals surface area contributed by atoms with Crippen LogP contribution in [-0.2, 0) is 45.4 Å². The highest BCUT2D eigenvalue weighted by atomic mass is 16.6. The van der Waals surface area contributed by atoms with Gasteiger partial charge in [-0.2, -0.15) is 0 Å². The van der Waals surface area contributed by atoms with Crippen molar-refractivity contribution in [1.82, 2.24) is 19.5 Å². The fourth-order valence-electron chi connectivity index (χ4n) is 6.73. The molecule has 2 N–H and O–H groups in total. The second kappa shape index (κ2) is 16.2. The summed E-state index contributed by atoms with van der Waals surface area (Å²) in [5, 5.41) is 13.7. The summed E-state index contributed by atoms with van der Waals surface area (Å²) in [5.41, 5.74) is -1.12. The van der Waals surface area contributed by atoms with E-state index >= 15 is 0 Å². The Morgan fingerprint density at radius 2 is 1.75 bits per heavy atom. The number of aliphatic hydroxyl groups excluding tert-OH is 1. The van der Waals surface area contributed by atoms with Gasteiger partial charge < -0.3 is 37.6 Å². The lowest BCUT2D eigenvalue weighted by Gasteiger charge is -2.30. The van der Waals surface area contributed by atoms with Crippen molar-refractivity contribution in [1.29, 1.82) is 0 Å². The third-order valence-corrected chi connectivity index (χ3v) is 9.16. The van der Waals surface area contributed by atoms with Crippen LogP contribution in [0, 0.1) is 40.0 Å². The van der Waals surface area contributed by atoms with Crippen LogP contribution in [0.4, 0.5) is 10.6 Å². The molecule has 18 heteroatoms. The summed E-state index contributed by atoms with van der Waals surface area (Å²) in [4.78, 5) is 75.0. The number of aryl methyl sites for hydroxylation is 4. The van der Waals surface area contributed by atoms with E-state index in [0.717, 1.165) is 11.1 Å². The number of aliphatic hydroxyl groups is 1. The zero-order valence-electron chi connectivity index (χ0n) is 33.1. The van der Waals surface area contributed by atoms with Crippen LogP contribution < -0.4 is 15.9 Å². The molecule has 18 nitrogen and oxygen atoms in total. The Bertz CT molecular complexity index is 2310. The lowest BCUT2D eigenvalue weighted by molar-refractivity contribution is -0.157. The van der Waals surface area contributed by atoms with E-state index in [-0.39, 0.29) is 60.2 Å². The number of carbonyl (C=O) groups is 4. The van der Waals surface area contributed by atoms with Crippen molar-refractivity contribution in [2.75, 3.05) is 11.9 Å². The molecule has 3 aromatic heterocycles. The van der Waals surface area contributed by atoms with Gasteiger partial charge in [-0.25, -0.2) is 24.5 Å². The highest BCUT2D eigenvalue weighted by molar-refractivity contribution is 5.93. The number of ether oxygens (including phenoxy) is 5. The predicted molar refractivity (Wildman–Crippen MR) is 199 cm³/mol. The number of terminal acetylenes is 1. The van der Waals surface area contributed by atoms with Crippen LogP contribution in [0.2, 0.25) is 0 Å². The number of fused-ring (bicyclic) bond motifs is 1. The molecule has 0 bridgehead atoms. The molecule has 1 aromatic carbocycles. The number of esters is 3. The van der Waals surface area contributed by atoms with Crippen molar-refractivity contribution in [3.8, 4) is 18.1 Å². The third kappa shape index (κ3) is 9.67. The standard InChI is InChI=1S/C39H45N5O13/c1-11-39(18-52-29(47)15-37(7,8)31-21(3)12-20(2)13-25(31)54-24(6)45)27(46)14-28(56-39)44-19-40-32-33(41-23(5)42-34(32)44)43-35(49)57-38(9,10)16-30(48)51-17-26-22(4)53-36(50)55-26/h1,12-13,19,27-28,46H,14-18H2,2-10H3,(H,41,42,43,49)/t27-,28+,39+/m0/s1. The largest absolute Gasteiger partial charge is 0.519 e. The number of nitrogens with zero attached hydrogens (tertiary/aromatic N) is 4. The van der Waals surface area contributed by atoms with Crippen molar-refractivity contribution in [3.63, 3.8) is 0 Å². The quantitative estimate of drug-likeness (QED) is 0.0818. The first-order valence-electron chi connectivity index (χ1n) is 17.9. The molecule has 4 heterocycles. The zero-order valence-corrected chi connectivity index (χ0v) is 33.1. The number of hydrogen-bond donors (Lipinski definition) is 2. The summed E-state index contributed by atoms with van der Waals surface area (Å²) in [6.45, 7) is 14.0. The number of benzene rings is 1. The fraction of sp³-hybridized carbons (Fsp3) is 0.487. The first-order chi connectivity index (χ1) is 26.6. The average molecular weight is 792 g/mol. The highest BCUT2D eigenvalue weighted by Crippen LogP contribution is 2.41. The molecular weight excluding hydrogens is 746 g/mol. The maximum Gasteiger partial charge on any atom is 0.519 e. The zero-order chi connectivity index (χ0) is 42.0. The number of nitrogens with one attached hydrogen (secondary N) is 1. The second-order valence-corrected chi connectivity index (χ2v) is 15.1. The Hall–Kier alpha value is -6.06. The summed E-state index contributed by atoms with van der Waals surface area (Å²) < 4.78 is 39.0. The van der Waals surface area contributed by atoms with Crippen LogP contribution in [0.1, 0.15) is 94.1 Å². The van der Waals surface area contributed by atoms with E-state index in [0.29, 0.717) is 11.3 Å². The van der Waals surface area contributed by atoms with E-state index in [1.165, 1.54) is 38.6 Å². The molecule has 304 valence electrons. The number of anilines is 1. The highest BCUT2D eigenvalue weighted by Gasteiger charge is 2.49. The van der Waals surface area contributed by atoms with Gasteiger partial charge in [-0.1, -0.05) is 25.8 Å². The summed E-state index contributed by atoms with van der Waals surface area (Å²) in [7, 11) is 0. The number of carbonyl (C=O) groups excluding carboxylic acids is 4. The molecule has 0 radical (unpaired) electrons. The minimum absolute atomic E-state index is 0.0101. The van der Waals surface area contributed by atoms with Crippen molar-refractivity contribution in [2.24, 2.45) is 0 Å². The van der Waals surface area contributed by atoms with Gasteiger partial charge in [0.25, 0.3) is 0 Å². The molecule has 57 heavy (non-hydrogen) atoms. The molecule has 3 atom stereocenters. The maximum atomic E-state index is 13.3. The molecule has 1 saturated heterocycles. The van der Waals surface area contributed by atoms with Gasteiger partial charge in [0.15, 0.2) is 40.7 Å². The van der Waals surface area contributed by atoms with Crippen LogP contribution in [0.5, 0.6) is 5.75 Å². The molecule has 0 spiro atoms. The molecule has 4 aromatic rings. The molecule has 1 aliphatic heterocycles. The Morgan fingerprint density at radius 1 is 1.05 bits per heavy atom. The number of rotatable bonds is 13. The predicted octanol–water partition coefficient (Wildman–Crippen LogP) is 4.55. The van der Waals surface area contributed by atoms with Crippen LogP contribution in [0.25, 0.3) is 11.2 Å². The van der Waals surface area contributed by atoms with Gasteiger partial charge in [0.2, 0.25) is 0 Å². The molecule has 5 rings (SSSR count). The summed E-state index contributed by atoms with van der Waals surface area (Å²) in [5.74, 6) is 0.507. The van der Waals surface area contributed by atoms with E-state index in [1.807, 2.05) is 33.8 Å². The third-order valence-electron chi connectivity index (χ3n) is 9.16. The van der Waals surface area contributed by atoms with Crippen molar-refractivity contribution in [2.45, 2.75) is 117 Å². The van der Waals surface area contributed by atoms with Crippen LogP contribution in [0.3, 0.4) is 0 Å². The molecular formula is C39H45N5O13. The topological polar surface area (TPSA) is 234 Å². The molecule has 0 unspecified atom stereocenters. The fourth-order valence-corrected chi connectivity index (χ4v) is 6.73. The van der Waals surface area contributed by atoms with E-state index in [2.05, 4.69) is 26.2 Å².